The van der Waals surface area contributed by atoms with Crippen LogP contribution in [0.1, 0.15) is 135 Å². The number of amides is 4. The number of rotatable bonds is 16. The molecule has 2 fully saturated rings. The van der Waals surface area contributed by atoms with Crippen molar-refractivity contribution in [3.05, 3.63) is 64.2 Å². The van der Waals surface area contributed by atoms with Crippen LogP contribution in [-0.2, 0) is 37.5 Å². The number of piperidine rings is 2. The molecule has 2 N–H and O–H groups in total. The van der Waals surface area contributed by atoms with Crippen molar-refractivity contribution in [1.82, 2.24) is 15.1 Å². The summed E-state index contributed by atoms with van der Waals surface area (Å²) >= 11 is 0. The highest BCUT2D eigenvalue weighted by molar-refractivity contribution is 7.85. The summed E-state index contributed by atoms with van der Waals surface area (Å²) in [6.07, 6.45) is 14.6. The number of unbranched alkanes of at least 4 members (excludes halogenated alkanes) is 9. The highest BCUT2D eigenvalue weighted by Crippen LogP contribution is 2.34. The average Bonchev–Trinajstić information content (AvgIpc) is 3.39. The van der Waals surface area contributed by atoms with Crippen LogP contribution < -0.4 is 5.32 Å². The van der Waals surface area contributed by atoms with E-state index in [1.165, 1.54) is 30.9 Å². The first-order chi connectivity index (χ1) is 23.5. The Morgan fingerprint density at radius 3 is 2.16 bits per heavy atom. The van der Waals surface area contributed by atoms with Gasteiger partial charge >= 0.3 is 0 Å². The van der Waals surface area contributed by atoms with E-state index in [2.05, 4.69) is 11.4 Å². The smallest absolute Gasteiger partial charge is 0.294 e. The zero-order valence-electron chi connectivity index (χ0n) is 28.8. The van der Waals surface area contributed by atoms with E-state index < -0.39 is 22.1 Å². The van der Waals surface area contributed by atoms with Crippen molar-refractivity contribution in [3.8, 4) is 0 Å². The lowest BCUT2D eigenvalue weighted by Gasteiger charge is -2.32. The van der Waals surface area contributed by atoms with Crippen LogP contribution >= 0.6 is 0 Å². The van der Waals surface area contributed by atoms with Crippen LogP contribution in [0.5, 0.6) is 0 Å². The van der Waals surface area contributed by atoms with Crippen LogP contribution in [0.3, 0.4) is 0 Å². The van der Waals surface area contributed by atoms with Crippen molar-refractivity contribution in [2.45, 2.75) is 133 Å². The second-order valence-electron chi connectivity index (χ2n) is 14.1. The fraction of sp³-hybridized carbons (Fsp3) is 0.579. The molecule has 2 aromatic rings. The van der Waals surface area contributed by atoms with Crippen molar-refractivity contribution in [2.24, 2.45) is 0 Å². The van der Waals surface area contributed by atoms with Gasteiger partial charge < -0.3 is 9.80 Å². The van der Waals surface area contributed by atoms with Gasteiger partial charge in [-0.05, 0) is 80.2 Å². The molecule has 5 rings (SSSR count). The first-order valence-electron chi connectivity index (χ1n) is 18.1. The number of aryl methyl sites for hydroxylation is 2. The standard InChI is InChI=1S/C38H51N3O7S/c1-27-14-18-34(49(46,47)48)30(24-27)12-10-8-6-4-2-3-5-7-9-11-13-36(43)40-22-20-28(21-23-40)29-15-16-32-31(25-29)26-41(38(32)45)33-17-19-35(42)39-37(33)44/h14-16,18,24-25,28,33H,2-13,17,19-23,26H2,1H3,(H,39,42,44)(H,46,47,48). The van der Waals surface area contributed by atoms with Crippen molar-refractivity contribution in [1.29, 1.82) is 0 Å². The third-order valence-electron chi connectivity index (χ3n) is 10.4. The van der Waals surface area contributed by atoms with E-state index in [9.17, 15) is 32.1 Å². The minimum absolute atomic E-state index is 0.0273. The Balaban J connectivity index is 0.909. The Kier molecular flexibility index (Phi) is 12.7. The first-order valence-corrected chi connectivity index (χ1v) is 19.6. The number of imide groups is 1. The fourth-order valence-electron chi connectivity index (χ4n) is 7.63. The molecule has 10 nitrogen and oxygen atoms in total. The van der Waals surface area contributed by atoms with Gasteiger partial charge in [-0.15, -0.1) is 0 Å². The number of carbonyl (C=O) groups is 4. The molecule has 3 heterocycles. The van der Waals surface area contributed by atoms with Crippen LogP contribution in [-0.4, -0.2) is 65.5 Å². The summed E-state index contributed by atoms with van der Waals surface area (Å²) in [5.74, 6) is -0.262. The molecule has 2 saturated heterocycles. The number of benzene rings is 2. The summed E-state index contributed by atoms with van der Waals surface area (Å²) in [5, 5.41) is 2.35. The summed E-state index contributed by atoms with van der Waals surface area (Å²) in [5.41, 5.74) is 4.43. The third-order valence-corrected chi connectivity index (χ3v) is 11.4. The largest absolute Gasteiger partial charge is 0.343 e. The molecule has 0 aliphatic carbocycles. The maximum absolute atomic E-state index is 13.0. The number of nitrogens with one attached hydrogen (secondary N) is 1. The predicted octanol–water partition coefficient (Wildman–Crippen LogP) is 6.24. The zero-order valence-corrected chi connectivity index (χ0v) is 29.6. The zero-order chi connectivity index (χ0) is 35.0. The van der Waals surface area contributed by atoms with Crippen LogP contribution in [0.4, 0.5) is 0 Å². The topological polar surface area (TPSA) is 141 Å². The van der Waals surface area contributed by atoms with Gasteiger partial charge in [0.2, 0.25) is 17.7 Å². The number of hydrogen-bond donors (Lipinski definition) is 2. The molecule has 0 radical (unpaired) electrons. The highest BCUT2D eigenvalue weighted by atomic mass is 32.2. The van der Waals surface area contributed by atoms with Crippen LogP contribution in [0.25, 0.3) is 0 Å². The minimum Gasteiger partial charge on any atom is -0.343 e. The molecule has 3 aliphatic heterocycles. The van der Waals surface area contributed by atoms with Crippen molar-refractivity contribution >= 4 is 33.7 Å². The summed E-state index contributed by atoms with van der Waals surface area (Å²) in [4.78, 5) is 53.4. The Labute approximate surface area is 290 Å². The van der Waals surface area contributed by atoms with E-state index in [0.717, 1.165) is 82.0 Å². The summed E-state index contributed by atoms with van der Waals surface area (Å²) < 4.78 is 32.7. The summed E-state index contributed by atoms with van der Waals surface area (Å²) in [6.45, 7) is 3.79. The van der Waals surface area contributed by atoms with Gasteiger partial charge in [-0.25, -0.2) is 0 Å². The molecule has 0 bridgehead atoms. The first kappa shape index (κ1) is 36.7. The molecule has 2 aromatic carbocycles. The Morgan fingerprint density at radius 2 is 1.51 bits per heavy atom. The molecule has 49 heavy (non-hydrogen) atoms. The molecule has 4 amide bonds. The molecule has 0 spiro atoms. The lowest BCUT2D eigenvalue weighted by Crippen LogP contribution is -2.52. The van der Waals surface area contributed by atoms with E-state index >= 15 is 0 Å². The summed E-state index contributed by atoms with van der Waals surface area (Å²) in [6, 6.07) is 10.4. The van der Waals surface area contributed by atoms with Crippen LogP contribution in [0.2, 0.25) is 0 Å². The number of fused-ring (bicyclic) bond motifs is 1. The van der Waals surface area contributed by atoms with Gasteiger partial charge in [0.05, 0.1) is 4.90 Å². The summed E-state index contributed by atoms with van der Waals surface area (Å²) in [7, 11) is -4.19. The maximum Gasteiger partial charge on any atom is 0.294 e. The molecular formula is C38H51N3O7S. The predicted molar refractivity (Wildman–Crippen MR) is 187 cm³/mol. The molecule has 0 saturated carbocycles. The molecule has 1 atom stereocenters. The highest BCUT2D eigenvalue weighted by Gasteiger charge is 2.39. The molecule has 11 heteroatoms. The molecule has 266 valence electrons. The normalized spacial score (nSPS) is 18.6. The average molecular weight is 694 g/mol. The Bertz CT molecular complexity index is 1630. The Morgan fingerprint density at radius 1 is 0.857 bits per heavy atom. The van der Waals surface area contributed by atoms with Gasteiger partial charge in [0.1, 0.15) is 6.04 Å². The third kappa shape index (κ3) is 9.78. The lowest BCUT2D eigenvalue weighted by atomic mass is 9.87. The quantitative estimate of drug-likeness (QED) is 0.120. The number of hydrogen-bond acceptors (Lipinski definition) is 6. The van der Waals surface area contributed by atoms with Crippen molar-refractivity contribution in [2.75, 3.05) is 13.1 Å². The number of carbonyl (C=O) groups excluding carboxylic acids is 4. The molecule has 3 aliphatic rings. The van der Waals surface area contributed by atoms with E-state index in [0.29, 0.717) is 42.9 Å². The molecular weight excluding hydrogens is 642 g/mol. The molecule has 1 unspecified atom stereocenters. The second-order valence-corrected chi connectivity index (χ2v) is 15.5. The fourth-order valence-corrected chi connectivity index (χ4v) is 8.36. The van der Waals surface area contributed by atoms with E-state index in [-0.39, 0.29) is 29.0 Å². The van der Waals surface area contributed by atoms with Gasteiger partial charge in [0, 0.05) is 38.0 Å². The molecule has 0 aromatic heterocycles. The minimum atomic E-state index is -4.19. The van der Waals surface area contributed by atoms with Gasteiger partial charge in [-0.3, -0.25) is 29.0 Å². The van der Waals surface area contributed by atoms with E-state index in [4.69, 9.17) is 0 Å². The van der Waals surface area contributed by atoms with Gasteiger partial charge in [0.25, 0.3) is 16.0 Å². The Hall–Kier alpha value is -3.57. The van der Waals surface area contributed by atoms with Gasteiger partial charge in [0.15, 0.2) is 0 Å². The SMILES string of the molecule is Cc1ccc(S(=O)(=O)O)c(CCCCCCCCCCCCC(=O)N2CCC(c3ccc4c(c3)CN(C3CCC(=O)NC3=O)C4=O)CC2)c1. The maximum atomic E-state index is 13.0. The van der Waals surface area contributed by atoms with E-state index in [1.807, 2.05) is 30.0 Å². The van der Waals surface area contributed by atoms with Crippen molar-refractivity contribution in [3.63, 3.8) is 0 Å². The van der Waals surface area contributed by atoms with Crippen LogP contribution in [0, 0.1) is 6.92 Å². The monoisotopic (exact) mass is 693 g/mol. The lowest BCUT2D eigenvalue weighted by molar-refractivity contribution is -0.137. The van der Waals surface area contributed by atoms with Crippen molar-refractivity contribution < 1.29 is 32.1 Å². The van der Waals surface area contributed by atoms with Gasteiger partial charge in [-0.2, -0.15) is 8.42 Å². The van der Waals surface area contributed by atoms with Crippen LogP contribution in [0.15, 0.2) is 41.3 Å². The number of nitrogens with zero attached hydrogens (tertiary/aromatic N) is 2. The van der Waals surface area contributed by atoms with Gasteiger partial charge in [-0.1, -0.05) is 81.2 Å². The second kappa shape index (κ2) is 16.9. The number of likely N-dealkylation sites (tertiary alicyclic amines) is 1. The van der Waals surface area contributed by atoms with E-state index in [1.54, 1.807) is 11.0 Å².